The van der Waals surface area contributed by atoms with Gasteiger partial charge in [0.2, 0.25) is 0 Å². The normalized spacial score (nSPS) is 12.6. The maximum atomic E-state index is 11.9. The first-order valence-electron chi connectivity index (χ1n) is 6.24. The summed E-state index contributed by atoms with van der Waals surface area (Å²) in [5.74, 6) is -0.198. The summed E-state index contributed by atoms with van der Waals surface area (Å²) >= 11 is 6.19. The number of carbonyl (C=O) groups excluding carboxylic acids is 1. The molecule has 0 aromatic heterocycles. The van der Waals surface area contributed by atoms with E-state index in [9.17, 15) is 4.79 Å². The van der Waals surface area contributed by atoms with E-state index in [1.165, 1.54) is 0 Å². The van der Waals surface area contributed by atoms with Crippen molar-refractivity contribution in [1.29, 1.82) is 5.26 Å². The molecule has 0 radical (unpaired) electrons. The average molecular weight is 279 g/mol. The molecule has 1 N–H and O–H groups in total. The Morgan fingerprint density at radius 3 is 2.74 bits per heavy atom. The molecule has 1 rings (SSSR count). The van der Waals surface area contributed by atoms with Crippen LogP contribution in [0.15, 0.2) is 24.3 Å². The predicted molar refractivity (Wildman–Crippen MR) is 77.2 cm³/mol. The van der Waals surface area contributed by atoms with Crippen LogP contribution in [-0.2, 0) is 0 Å². The first kappa shape index (κ1) is 15.5. The predicted octanol–water partition coefficient (Wildman–Crippen LogP) is 3.33. The molecule has 0 saturated heterocycles. The van der Waals surface area contributed by atoms with Crippen molar-refractivity contribution in [3.63, 3.8) is 0 Å². The molecule has 4 heteroatoms. The minimum atomic E-state index is -0.198. The largest absolute Gasteiger partial charge is 0.351 e. The minimum Gasteiger partial charge on any atom is -0.351 e. The molecule has 0 bridgehead atoms. The van der Waals surface area contributed by atoms with Crippen molar-refractivity contribution in [3.05, 3.63) is 35.4 Å². The van der Waals surface area contributed by atoms with E-state index in [0.717, 1.165) is 6.42 Å². The number of benzene rings is 1. The van der Waals surface area contributed by atoms with Crippen LogP contribution >= 0.6 is 11.6 Å². The Balaban J connectivity index is 2.54. The molecule has 1 unspecified atom stereocenters. The Morgan fingerprint density at radius 2 is 2.16 bits per heavy atom. The quantitative estimate of drug-likeness (QED) is 0.859. The molecule has 0 aliphatic carbocycles. The van der Waals surface area contributed by atoms with E-state index in [4.69, 9.17) is 16.9 Å². The molecular formula is C15H19ClN2O. The fraction of sp³-hybridized carbons (Fsp3) is 0.467. The summed E-state index contributed by atoms with van der Waals surface area (Å²) in [6.07, 6.45) is 0.826. The van der Waals surface area contributed by atoms with E-state index in [1.807, 2.05) is 6.07 Å². The van der Waals surface area contributed by atoms with Gasteiger partial charge in [-0.2, -0.15) is 5.26 Å². The number of hydrogen-bond donors (Lipinski definition) is 1. The Hall–Kier alpha value is -1.53. The fourth-order valence-electron chi connectivity index (χ4n) is 1.77. The van der Waals surface area contributed by atoms with Crippen LogP contribution in [-0.4, -0.2) is 17.8 Å². The van der Waals surface area contributed by atoms with Crippen LogP contribution in [0, 0.1) is 16.7 Å². The highest BCUT2D eigenvalue weighted by molar-refractivity contribution is 6.21. The van der Waals surface area contributed by atoms with Gasteiger partial charge in [-0.1, -0.05) is 26.8 Å². The van der Waals surface area contributed by atoms with Gasteiger partial charge in [0.15, 0.2) is 0 Å². The Bertz CT molecular complexity index is 486. The van der Waals surface area contributed by atoms with Gasteiger partial charge < -0.3 is 5.32 Å². The van der Waals surface area contributed by atoms with Gasteiger partial charge >= 0.3 is 0 Å². The zero-order chi connectivity index (χ0) is 14.5. The van der Waals surface area contributed by atoms with Crippen molar-refractivity contribution < 1.29 is 4.79 Å². The number of nitrogens with zero attached hydrogens (tertiary/aromatic N) is 1. The van der Waals surface area contributed by atoms with Gasteiger partial charge in [-0.15, -0.1) is 11.6 Å². The highest BCUT2D eigenvalue weighted by Gasteiger charge is 2.17. The van der Waals surface area contributed by atoms with E-state index in [2.05, 4.69) is 26.1 Å². The van der Waals surface area contributed by atoms with Gasteiger partial charge in [-0.05, 0) is 30.0 Å². The van der Waals surface area contributed by atoms with Gasteiger partial charge in [-0.25, -0.2) is 0 Å². The summed E-state index contributed by atoms with van der Waals surface area (Å²) in [6.45, 7) is 6.76. The van der Waals surface area contributed by atoms with Crippen LogP contribution in [0.4, 0.5) is 0 Å². The summed E-state index contributed by atoms with van der Waals surface area (Å²) in [5.41, 5.74) is 1.10. The molecule has 3 nitrogen and oxygen atoms in total. The van der Waals surface area contributed by atoms with Gasteiger partial charge in [0, 0.05) is 12.1 Å². The second kappa shape index (κ2) is 6.58. The van der Waals surface area contributed by atoms with Crippen LogP contribution < -0.4 is 5.32 Å². The summed E-state index contributed by atoms with van der Waals surface area (Å²) < 4.78 is 0. The lowest BCUT2D eigenvalue weighted by molar-refractivity contribution is 0.0952. The highest BCUT2D eigenvalue weighted by Crippen LogP contribution is 2.23. The smallest absolute Gasteiger partial charge is 0.251 e. The fourth-order valence-corrected chi connectivity index (χ4v) is 2.31. The molecule has 0 aliphatic rings. The second-order valence-corrected chi connectivity index (χ2v) is 6.38. The van der Waals surface area contributed by atoms with E-state index in [0.29, 0.717) is 17.7 Å². The lowest BCUT2D eigenvalue weighted by atomic mass is 9.90. The van der Waals surface area contributed by atoms with E-state index >= 15 is 0 Å². The number of alkyl halides is 1. The van der Waals surface area contributed by atoms with E-state index < -0.39 is 0 Å². The van der Waals surface area contributed by atoms with Gasteiger partial charge in [0.05, 0.1) is 17.0 Å². The topological polar surface area (TPSA) is 52.9 Å². The van der Waals surface area contributed by atoms with Crippen LogP contribution in [0.1, 0.15) is 43.1 Å². The van der Waals surface area contributed by atoms with Crippen molar-refractivity contribution in [2.75, 3.05) is 6.54 Å². The number of nitrogens with one attached hydrogen (secondary N) is 1. The summed E-state index contributed by atoms with van der Waals surface area (Å²) in [5, 5.41) is 11.5. The maximum absolute atomic E-state index is 11.9. The monoisotopic (exact) mass is 278 g/mol. The lowest BCUT2D eigenvalue weighted by Gasteiger charge is -2.22. The molecule has 0 heterocycles. The molecule has 0 saturated carbocycles. The summed E-state index contributed by atoms with van der Waals surface area (Å²) in [7, 11) is 0. The second-order valence-electron chi connectivity index (χ2n) is 5.76. The zero-order valence-corrected chi connectivity index (χ0v) is 12.3. The van der Waals surface area contributed by atoms with E-state index in [1.54, 1.807) is 24.3 Å². The van der Waals surface area contributed by atoms with Crippen LogP contribution in [0.25, 0.3) is 0 Å². The van der Waals surface area contributed by atoms with Crippen LogP contribution in [0.5, 0.6) is 0 Å². The number of rotatable bonds is 4. The Morgan fingerprint density at radius 1 is 1.47 bits per heavy atom. The molecule has 1 aromatic rings. The van der Waals surface area contributed by atoms with Crippen molar-refractivity contribution in [2.24, 2.45) is 5.41 Å². The third kappa shape index (κ3) is 5.76. The molecule has 1 amide bonds. The molecular weight excluding hydrogens is 260 g/mol. The standard InChI is InChI=1S/C15H19ClN2O/c1-15(2,3)8-13(16)10-18-14(19)12-6-4-5-11(7-12)9-17/h4-7,13H,8,10H2,1-3H3,(H,18,19). The third-order valence-electron chi connectivity index (χ3n) is 2.57. The zero-order valence-electron chi connectivity index (χ0n) is 11.5. The molecule has 0 fully saturated rings. The lowest BCUT2D eigenvalue weighted by Crippen LogP contribution is -2.31. The minimum absolute atomic E-state index is 0.0944. The highest BCUT2D eigenvalue weighted by atomic mass is 35.5. The number of halogens is 1. The van der Waals surface area contributed by atoms with Crippen molar-refractivity contribution in [3.8, 4) is 6.07 Å². The van der Waals surface area contributed by atoms with Crippen molar-refractivity contribution >= 4 is 17.5 Å². The summed E-state index contributed by atoms with van der Waals surface area (Å²) in [6, 6.07) is 8.63. The molecule has 0 spiro atoms. The first-order valence-corrected chi connectivity index (χ1v) is 6.68. The number of nitriles is 1. The molecule has 19 heavy (non-hydrogen) atoms. The van der Waals surface area contributed by atoms with Gasteiger partial charge in [-0.3, -0.25) is 4.79 Å². The van der Waals surface area contributed by atoms with Crippen molar-refractivity contribution in [1.82, 2.24) is 5.32 Å². The first-order chi connectivity index (χ1) is 8.81. The maximum Gasteiger partial charge on any atom is 0.251 e. The molecule has 0 aliphatic heterocycles. The Labute approximate surface area is 119 Å². The molecule has 1 atom stereocenters. The average Bonchev–Trinajstić information content (AvgIpc) is 2.34. The van der Waals surface area contributed by atoms with Gasteiger partial charge in [0.25, 0.3) is 5.91 Å². The number of hydrogen-bond acceptors (Lipinski definition) is 2. The van der Waals surface area contributed by atoms with Crippen LogP contribution in [0.3, 0.4) is 0 Å². The Kier molecular flexibility index (Phi) is 5.38. The summed E-state index contributed by atoms with van der Waals surface area (Å²) in [4.78, 5) is 11.9. The SMILES string of the molecule is CC(C)(C)CC(Cl)CNC(=O)c1cccc(C#N)c1. The van der Waals surface area contributed by atoms with Crippen LogP contribution in [0.2, 0.25) is 0 Å². The number of carbonyl (C=O) groups is 1. The van der Waals surface area contributed by atoms with E-state index in [-0.39, 0.29) is 16.7 Å². The van der Waals surface area contributed by atoms with Crippen molar-refractivity contribution in [2.45, 2.75) is 32.6 Å². The molecule has 1 aromatic carbocycles. The van der Waals surface area contributed by atoms with Gasteiger partial charge in [0.1, 0.15) is 0 Å². The molecule has 102 valence electrons. The third-order valence-corrected chi connectivity index (χ3v) is 2.88. The number of amides is 1.